The summed E-state index contributed by atoms with van der Waals surface area (Å²) < 4.78 is 64.5. The zero-order valence-corrected chi connectivity index (χ0v) is 18.7. The molecule has 3 heterocycles. The summed E-state index contributed by atoms with van der Waals surface area (Å²) in [6, 6.07) is 5.05. The van der Waals surface area contributed by atoms with Crippen molar-refractivity contribution < 1.29 is 26.7 Å². The molecule has 13 heteroatoms. The maximum Gasteiger partial charge on any atom is 0.243 e. The molecule has 3 aromatic heterocycles. The molecule has 0 unspecified atom stereocenters. The highest BCUT2D eigenvalue weighted by atomic mass is 32.2. The van der Waals surface area contributed by atoms with Crippen LogP contribution in [0.15, 0.2) is 41.7 Å². The molecule has 0 aliphatic heterocycles. The molecule has 0 amide bonds. The fourth-order valence-corrected chi connectivity index (χ4v) is 4.38. The van der Waals surface area contributed by atoms with Crippen LogP contribution in [0.4, 0.5) is 8.78 Å². The number of rotatable bonds is 7. The molecule has 2 N–H and O–H groups in total. The minimum Gasteiger partial charge on any atom is -0.481 e. The summed E-state index contributed by atoms with van der Waals surface area (Å²) in [5.41, 5.74) is 0.983. The summed E-state index contributed by atoms with van der Waals surface area (Å²) >= 11 is 0. The summed E-state index contributed by atoms with van der Waals surface area (Å²) in [6.07, 6.45) is 1.23. The molecule has 0 radical (unpaired) electrons. The third-order valence-corrected chi connectivity index (χ3v) is 5.98. The molecule has 1 aromatic carbocycles. The molecular weight excluding hydrogens is 458 g/mol. The average molecular weight is 478 g/mol. The highest BCUT2D eigenvalue weighted by Crippen LogP contribution is 2.34. The van der Waals surface area contributed by atoms with Gasteiger partial charge in [0, 0.05) is 30.4 Å². The number of primary sulfonamides is 1. The summed E-state index contributed by atoms with van der Waals surface area (Å²) in [5, 5.41) is 5.79. The van der Waals surface area contributed by atoms with Crippen molar-refractivity contribution in [3.05, 3.63) is 48.2 Å². The number of hydrogen-bond acceptors (Lipinski definition) is 7. The lowest BCUT2D eigenvalue weighted by molar-refractivity contribution is 0.146. The molecule has 0 spiro atoms. The van der Waals surface area contributed by atoms with Gasteiger partial charge < -0.3 is 14.0 Å². The van der Waals surface area contributed by atoms with Crippen molar-refractivity contribution >= 4 is 20.9 Å². The number of imidazole rings is 1. The number of aromatic nitrogens is 5. The van der Waals surface area contributed by atoms with Crippen LogP contribution in [0.5, 0.6) is 11.8 Å². The van der Waals surface area contributed by atoms with E-state index in [9.17, 15) is 17.2 Å². The predicted octanol–water partition coefficient (Wildman–Crippen LogP) is 2.39. The third kappa shape index (κ3) is 4.00. The first-order valence-electron chi connectivity index (χ1n) is 9.60. The first-order valence-corrected chi connectivity index (χ1v) is 11.1. The Morgan fingerprint density at radius 2 is 1.79 bits per heavy atom. The monoisotopic (exact) mass is 478 g/mol. The maximum atomic E-state index is 13.1. The Morgan fingerprint density at radius 1 is 1.12 bits per heavy atom. The Hall–Kier alpha value is -3.58. The predicted molar refractivity (Wildman–Crippen MR) is 115 cm³/mol. The van der Waals surface area contributed by atoms with Crippen molar-refractivity contribution in [2.24, 2.45) is 5.14 Å². The van der Waals surface area contributed by atoms with Gasteiger partial charge in [-0.15, -0.1) is 0 Å². The van der Waals surface area contributed by atoms with E-state index in [0.29, 0.717) is 22.4 Å². The van der Waals surface area contributed by atoms with Crippen LogP contribution in [0.2, 0.25) is 0 Å². The van der Waals surface area contributed by atoms with Crippen molar-refractivity contribution in [1.82, 2.24) is 24.1 Å². The van der Waals surface area contributed by atoms with Crippen LogP contribution in [0.25, 0.3) is 22.5 Å². The summed E-state index contributed by atoms with van der Waals surface area (Å²) in [5.74, 6) is 0.363. The van der Waals surface area contributed by atoms with E-state index >= 15 is 0 Å². The SMILES string of the molecule is COc1nc(-n2cc(S(N)(=O)=O)c3cccc(-n4ccnc4C)c32)nc(OC)c1CC(F)F. The number of fused-ring (bicyclic) bond motifs is 1. The Bertz CT molecular complexity index is 1420. The molecule has 0 saturated carbocycles. The number of alkyl halides is 2. The lowest BCUT2D eigenvalue weighted by Crippen LogP contribution is -2.12. The zero-order valence-electron chi connectivity index (χ0n) is 17.9. The van der Waals surface area contributed by atoms with E-state index in [0.717, 1.165) is 0 Å². The van der Waals surface area contributed by atoms with Crippen LogP contribution in [-0.4, -0.2) is 53.1 Å². The number of aryl methyl sites for hydroxylation is 1. The van der Waals surface area contributed by atoms with Crippen molar-refractivity contribution in [1.29, 1.82) is 0 Å². The largest absolute Gasteiger partial charge is 0.481 e. The fraction of sp³-hybridized carbons (Fsp3) is 0.250. The number of nitrogens with zero attached hydrogens (tertiary/aromatic N) is 5. The topological polar surface area (TPSA) is 127 Å². The minimum absolute atomic E-state index is 0.00689. The van der Waals surface area contributed by atoms with Gasteiger partial charge in [0.1, 0.15) is 10.7 Å². The van der Waals surface area contributed by atoms with E-state index < -0.39 is 22.9 Å². The maximum absolute atomic E-state index is 13.1. The molecule has 0 bridgehead atoms. The van der Waals surface area contributed by atoms with E-state index in [1.54, 1.807) is 42.1 Å². The number of nitrogens with two attached hydrogens (primary N) is 1. The smallest absolute Gasteiger partial charge is 0.243 e. The second-order valence-electron chi connectivity index (χ2n) is 7.04. The number of sulfonamides is 1. The Balaban J connectivity index is 2.09. The van der Waals surface area contributed by atoms with Gasteiger partial charge in [0.2, 0.25) is 34.2 Å². The van der Waals surface area contributed by atoms with Crippen LogP contribution in [-0.2, 0) is 16.4 Å². The van der Waals surface area contributed by atoms with Gasteiger partial charge in [0.25, 0.3) is 0 Å². The van der Waals surface area contributed by atoms with E-state index in [4.69, 9.17) is 14.6 Å². The van der Waals surface area contributed by atoms with Crippen LogP contribution in [0.3, 0.4) is 0 Å². The standard InChI is InChI=1S/C20H20F2N6O4S/c1-11-24-7-8-27(11)14-6-4-5-12-15(33(23,29)30)10-28(17(12)14)20-25-18(31-2)13(9-16(21)22)19(26-20)32-3/h4-8,10,16H,9H2,1-3H3,(H2,23,29,30). The third-order valence-electron chi connectivity index (χ3n) is 5.04. The molecule has 4 aromatic rings. The molecule has 0 aliphatic carbocycles. The molecule has 0 aliphatic rings. The number of ether oxygens (including phenoxy) is 2. The number of benzene rings is 1. The van der Waals surface area contributed by atoms with Crippen molar-refractivity contribution in [3.8, 4) is 23.4 Å². The molecule has 10 nitrogen and oxygen atoms in total. The average Bonchev–Trinajstić information content (AvgIpc) is 3.37. The van der Waals surface area contributed by atoms with Gasteiger partial charge in [-0.1, -0.05) is 12.1 Å². The van der Waals surface area contributed by atoms with Crippen LogP contribution < -0.4 is 14.6 Å². The summed E-state index contributed by atoms with van der Waals surface area (Å²) in [6.45, 7) is 1.79. The minimum atomic E-state index is -4.13. The molecule has 33 heavy (non-hydrogen) atoms. The van der Waals surface area contributed by atoms with Gasteiger partial charge in [-0.25, -0.2) is 27.3 Å². The number of para-hydroxylation sites is 1. The summed E-state index contributed by atoms with van der Waals surface area (Å²) in [4.78, 5) is 12.6. The second-order valence-corrected chi connectivity index (χ2v) is 8.57. The van der Waals surface area contributed by atoms with Gasteiger partial charge in [0.05, 0.1) is 31.0 Å². The molecular formula is C20H20F2N6O4S. The molecule has 174 valence electrons. The Labute approximate surface area is 187 Å². The normalized spacial score (nSPS) is 12.0. The van der Waals surface area contributed by atoms with E-state index in [2.05, 4.69) is 15.0 Å². The zero-order chi connectivity index (χ0) is 23.9. The molecule has 0 saturated heterocycles. The van der Waals surface area contributed by atoms with E-state index in [1.807, 2.05) is 0 Å². The molecule has 0 fully saturated rings. The number of methoxy groups -OCH3 is 2. The number of halogens is 2. The van der Waals surface area contributed by atoms with Crippen LogP contribution in [0.1, 0.15) is 11.4 Å². The quantitative estimate of drug-likeness (QED) is 0.432. The Morgan fingerprint density at radius 3 is 2.30 bits per heavy atom. The lowest BCUT2D eigenvalue weighted by Gasteiger charge is -2.15. The van der Waals surface area contributed by atoms with Crippen LogP contribution in [0, 0.1) is 6.92 Å². The van der Waals surface area contributed by atoms with Gasteiger partial charge >= 0.3 is 0 Å². The van der Waals surface area contributed by atoms with E-state index in [-0.39, 0.29) is 28.2 Å². The van der Waals surface area contributed by atoms with Crippen molar-refractivity contribution in [3.63, 3.8) is 0 Å². The van der Waals surface area contributed by atoms with E-state index in [1.165, 1.54) is 25.0 Å². The van der Waals surface area contributed by atoms with Gasteiger partial charge in [0.15, 0.2) is 0 Å². The highest BCUT2D eigenvalue weighted by Gasteiger charge is 2.25. The van der Waals surface area contributed by atoms with Gasteiger partial charge in [-0.2, -0.15) is 9.97 Å². The van der Waals surface area contributed by atoms with Gasteiger partial charge in [-0.3, -0.25) is 4.57 Å². The lowest BCUT2D eigenvalue weighted by atomic mass is 10.2. The van der Waals surface area contributed by atoms with Crippen molar-refractivity contribution in [2.75, 3.05) is 14.2 Å². The summed E-state index contributed by atoms with van der Waals surface area (Å²) in [7, 11) is -1.57. The first kappa shape index (κ1) is 22.6. The van der Waals surface area contributed by atoms with Crippen molar-refractivity contribution in [2.45, 2.75) is 24.7 Å². The molecule has 0 atom stereocenters. The highest BCUT2D eigenvalue weighted by molar-refractivity contribution is 7.89. The Kier molecular flexibility index (Phi) is 5.76. The fourth-order valence-electron chi connectivity index (χ4n) is 3.65. The second kappa shape index (κ2) is 8.41. The number of hydrogen-bond donors (Lipinski definition) is 1. The molecule has 4 rings (SSSR count). The van der Waals surface area contributed by atoms with Gasteiger partial charge in [-0.05, 0) is 13.0 Å². The first-order chi connectivity index (χ1) is 15.7. The van der Waals surface area contributed by atoms with Crippen LogP contribution >= 0.6 is 0 Å².